The molecule has 90 heavy (non-hydrogen) atoms. The highest BCUT2D eigenvalue weighted by Crippen LogP contribution is 2.31. The van der Waals surface area contributed by atoms with Crippen LogP contribution in [0.25, 0.3) is 89.2 Å². The summed E-state index contributed by atoms with van der Waals surface area (Å²) >= 11 is 0. The lowest BCUT2D eigenvalue weighted by atomic mass is 9.96. The predicted octanol–water partition coefficient (Wildman–Crippen LogP) is 11.3. The van der Waals surface area contributed by atoms with E-state index in [1.165, 1.54) is 0 Å². The Bertz CT molecular complexity index is 4220. The second-order valence-electron chi connectivity index (χ2n) is 24.0. The van der Waals surface area contributed by atoms with Crippen molar-refractivity contribution in [2.24, 2.45) is 5.41 Å². The SMILES string of the molecule is C.C.CC(C)(C)CN1CCN(CC(=O)OC(C)(C)C)Cc2cccc(n2)-c2ccc3ccc4ccc(nc4c3n2)-c2cccc(n2)C1.O=C=O.O=COCN1CCN(CC(=O)O)Cc2cccc(n2)-c2ccc3ccc4ccc(nc4c3n2)-c2cccc(n2)C1. The lowest BCUT2D eigenvalue weighted by molar-refractivity contribution is -0.191. The normalized spacial score (nSPS) is 14.0. The van der Waals surface area contributed by atoms with Crippen LogP contribution >= 0.6 is 0 Å². The van der Waals surface area contributed by atoms with Crippen molar-refractivity contribution in [2.45, 2.75) is 88.2 Å². The number of carbonyl (C=O) groups excluding carboxylic acids is 4. The topological polar surface area (TPSA) is 240 Å². The molecule has 2 aliphatic rings. The molecule has 0 saturated carbocycles. The van der Waals surface area contributed by atoms with Crippen LogP contribution in [0.3, 0.4) is 0 Å². The number of aliphatic carboxylic acids is 1. The summed E-state index contributed by atoms with van der Waals surface area (Å²) in [5, 5.41) is 13.5. The van der Waals surface area contributed by atoms with Crippen molar-refractivity contribution in [3.05, 3.63) is 168 Å². The molecule has 0 unspecified atom stereocenters. The van der Waals surface area contributed by atoms with E-state index in [4.69, 9.17) is 58.9 Å². The second-order valence-corrected chi connectivity index (χ2v) is 24.0. The molecule has 0 fully saturated rings. The maximum absolute atomic E-state index is 13.0. The first-order valence-corrected chi connectivity index (χ1v) is 29.0. The summed E-state index contributed by atoms with van der Waals surface area (Å²) in [5.74, 6) is -1.18. The van der Waals surface area contributed by atoms with Gasteiger partial charge in [-0.25, -0.2) is 39.9 Å². The number of ether oxygens (including phenoxy) is 2. The Morgan fingerprint density at radius 2 is 0.756 bits per heavy atom. The lowest BCUT2D eigenvalue weighted by Crippen LogP contribution is -2.41. The highest BCUT2D eigenvalue weighted by Gasteiger charge is 2.24. The predicted molar refractivity (Wildman–Crippen MR) is 347 cm³/mol. The molecule has 0 aliphatic carbocycles. The molecule has 0 atom stereocenters. The molecule has 8 aromatic heterocycles. The van der Waals surface area contributed by atoms with Crippen molar-refractivity contribution < 1.29 is 38.6 Å². The third-order valence-corrected chi connectivity index (χ3v) is 14.5. The number of nitrogens with zero attached hydrogens (tertiary/aromatic N) is 12. The van der Waals surface area contributed by atoms with E-state index >= 15 is 0 Å². The third-order valence-electron chi connectivity index (χ3n) is 14.5. The number of rotatable bonds is 8. The van der Waals surface area contributed by atoms with E-state index in [1.807, 2.05) is 135 Å². The number of benzene rings is 2. The third kappa shape index (κ3) is 17.3. The summed E-state index contributed by atoms with van der Waals surface area (Å²) < 4.78 is 10.8. The Hall–Kier alpha value is -9.69. The van der Waals surface area contributed by atoms with Crippen LogP contribution in [-0.2, 0) is 59.6 Å². The van der Waals surface area contributed by atoms with Crippen LogP contribution in [0.1, 0.15) is 79.2 Å². The zero-order valence-corrected chi connectivity index (χ0v) is 50.1. The first kappa shape index (κ1) is 66.3. The molecule has 0 saturated heterocycles. The van der Waals surface area contributed by atoms with Crippen LogP contribution in [0.2, 0.25) is 0 Å². The number of carbonyl (C=O) groups is 3. The second kappa shape index (κ2) is 29.5. The fraction of sp³-hybridized carbons (Fsp3) is 0.314. The summed E-state index contributed by atoms with van der Waals surface area (Å²) in [5.41, 5.74) is 12.1. The molecule has 1 N–H and O–H groups in total. The molecule has 20 nitrogen and oxygen atoms in total. The van der Waals surface area contributed by atoms with Gasteiger partial charge in [-0.2, -0.15) is 9.59 Å². The van der Waals surface area contributed by atoms with Gasteiger partial charge in [0.1, 0.15) is 12.3 Å². The number of pyridine rings is 8. The minimum absolute atomic E-state index is 0. The lowest BCUT2D eigenvalue weighted by Gasteiger charge is -2.32. The number of hydrogen-bond acceptors (Lipinski definition) is 19. The Labute approximate surface area is 524 Å². The number of fused-ring (bicyclic) bond motifs is 16. The van der Waals surface area contributed by atoms with Gasteiger partial charge < -0.3 is 14.6 Å². The van der Waals surface area contributed by atoms with Gasteiger partial charge in [-0.15, -0.1) is 0 Å². The number of aromatic nitrogens is 8. The van der Waals surface area contributed by atoms with E-state index in [9.17, 15) is 19.5 Å². The maximum Gasteiger partial charge on any atom is 0.373 e. The first-order chi connectivity index (χ1) is 42.3. The van der Waals surface area contributed by atoms with Gasteiger partial charge in [0.25, 0.3) is 6.47 Å². The Kier molecular flexibility index (Phi) is 21.8. The first-order valence-electron chi connectivity index (χ1n) is 29.0. The van der Waals surface area contributed by atoms with Crippen LogP contribution < -0.4 is 0 Å². The summed E-state index contributed by atoms with van der Waals surface area (Å²) in [4.78, 5) is 100. The summed E-state index contributed by atoms with van der Waals surface area (Å²) in [6, 6.07) is 48.0. The van der Waals surface area contributed by atoms with Crippen LogP contribution in [-0.4, -0.2) is 147 Å². The van der Waals surface area contributed by atoms with Crippen molar-refractivity contribution in [3.63, 3.8) is 0 Å². The smallest absolute Gasteiger partial charge is 0.373 e. The van der Waals surface area contributed by atoms with E-state index in [0.717, 1.165) is 108 Å². The van der Waals surface area contributed by atoms with Gasteiger partial charge in [0.2, 0.25) is 0 Å². The molecule has 20 heteroatoms. The standard InChI is InChI=1S/C37H42N6O2.C30H26N6O4.CO2.2CH4/c1-36(2,3)24-43-20-19-42(23-33(44)45-37(4,5)6)21-27-9-7-11-29(38-27)31-17-15-25-13-14-26-16-18-32(41-35(26)34(25)40-31)30-12-8-10-28(22-43)39-30;37-19-40-18-36-14-13-35(17-28(38)39)15-22-3-1-5-24(31-22)26-11-9-20-7-8-21-10-12-27(34-30(21)29(20)33-26)25-6-2-4-23(16-36)32-25;2-1-3;;/h7-18H,19-24H2,1-6H3;1-12,19H,13-18H2,(H,38,39);;2*1H4. The Balaban J connectivity index is 0.000000219. The van der Waals surface area contributed by atoms with Crippen molar-refractivity contribution in [3.8, 4) is 45.6 Å². The maximum atomic E-state index is 13.0. The molecule has 464 valence electrons. The molecular weight excluding hydrogens is 1140 g/mol. The molecule has 2 aromatic carbocycles. The fourth-order valence-corrected chi connectivity index (χ4v) is 10.8. The van der Waals surface area contributed by atoms with E-state index in [1.54, 1.807) is 4.90 Å². The molecular formula is C70H76N12O8. The van der Waals surface area contributed by atoms with Crippen LogP contribution in [0.4, 0.5) is 0 Å². The van der Waals surface area contributed by atoms with Gasteiger partial charge in [0.15, 0.2) is 0 Å². The molecule has 2 aliphatic heterocycles. The molecule has 0 amide bonds. The summed E-state index contributed by atoms with van der Waals surface area (Å²) in [7, 11) is 0. The van der Waals surface area contributed by atoms with Crippen LogP contribution in [0.15, 0.2) is 146 Å². The van der Waals surface area contributed by atoms with Gasteiger partial charge in [-0.1, -0.05) is 108 Å². The molecule has 12 rings (SSSR count). The van der Waals surface area contributed by atoms with Gasteiger partial charge in [-0.05, 0) is 99.0 Å². The van der Waals surface area contributed by atoms with E-state index < -0.39 is 11.6 Å². The number of carboxylic acid groups (broad SMARTS) is 1. The number of esters is 1. The Morgan fingerprint density at radius 1 is 0.456 bits per heavy atom. The average molecular weight is 1210 g/mol. The van der Waals surface area contributed by atoms with Crippen molar-refractivity contribution in [1.29, 1.82) is 0 Å². The fourth-order valence-electron chi connectivity index (χ4n) is 10.8. The molecule has 0 spiro atoms. The monoisotopic (exact) mass is 1210 g/mol. The zero-order valence-electron chi connectivity index (χ0n) is 50.1. The van der Waals surface area contributed by atoms with Crippen LogP contribution in [0.5, 0.6) is 0 Å². The van der Waals surface area contributed by atoms with Crippen LogP contribution in [0, 0.1) is 5.41 Å². The highest BCUT2D eigenvalue weighted by molar-refractivity contribution is 6.05. The molecule has 16 bridgehead atoms. The van der Waals surface area contributed by atoms with Crippen molar-refractivity contribution in [2.75, 3.05) is 52.5 Å². The van der Waals surface area contributed by atoms with E-state index in [-0.39, 0.29) is 52.2 Å². The van der Waals surface area contributed by atoms with Gasteiger partial charge >= 0.3 is 18.1 Å². The minimum Gasteiger partial charge on any atom is -0.480 e. The quantitative estimate of drug-likeness (QED) is 0.0845. The van der Waals surface area contributed by atoms with Gasteiger partial charge in [0, 0.05) is 80.4 Å². The van der Waals surface area contributed by atoms with Crippen molar-refractivity contribution in [1.82, 2.24) is 59.5 Å². The van der Waals surface area contributed by atoms with Crippen molar-refractivity contribution >= 4 is 68.2 Å². The zero-order chi connectivity index (χ0) is 62.0. The largest absolute Gasteiger partial charge is 0.480 e. The van der Waals surface area contributed by atoms with E-state index in [0.29, 0.717) is 69.4 Å². The molecule has 10 heterocycles. The number of hydrogen-bond donors (Lipinski definition) is 1. The molecule has 0 radical (unpaired) electrons. The minimum atomic E-state index is -0.933. The Morgan fingerprint density at radius 3 is 1.09 bits per heavy atom. The average Bonchev–Trinajstić information content (AvgIpc) is 0.848. The summed E-state index contributed by atoms with van der Waals surface area (Å²) in [6.45, 7) is 18.0. The van der Waals surface area contributed by atoms with Gasteiger partial charge in [0.05, 0.1) is 103 Å². The van der Waals surface area contributed by atoms with E-state index in [2.05, 4.69) is 67.0 Å². The van der Waals surface area contributed by atoms with Gasteiger partial charge in [-0.3, -0.25) is 34.0 Å². The number of carboxylic acids is 1. The summed E-state index contributed by atoms with van der Waals surface area (Å²) in [6.07, 6.45) is 0.250. The molecule has 10 aromatic rings. The highest BCUT2D eigenvalue weighted by atomic mass is 16.6.